The van der Waals surface area contributed by atoms with Gasteiger partial charge < -0.3 is 24.4 Å². The molecule has 21 heavy (non-hydrogen) atoms. The lowest BCUT2D eigenvalue weighted by Gasteiger charge is -2.35. The molecule has 0 amide bonds. The summed E-state index contributed by atoms with van der Waals surface area (Å²) in [6.07, 6.45) is 0.126. The molecule has 0 aromatic rings. The standard InChI is InChI=1S/C14H28N4O3/c1-15-14(16-3-4-17-5-8-20-9-6-17)18-7-10-21-13(11-18)12-19-2/h13H,3-12H2,1-2H3,(H,15,16). The summed E-state index contributed by atoms with van der Waals surface area (Å²) >= 11 is 0. The Hall–Kier alpha value is -0.890. The van der Waals surface area contributed by atoms with Crippen molar-refractivity contribution in [1.82, 2.24) is 15.1 Å². The van der Waals surface area contributed by atoms with Crippen molar-refractivity contribution in [1.29, 1.82) is 0 Å². The van der Waals surface area contributed by atoms with Gasteiger partial charge in [0.1, 0.15) is 0 Å². The average Bonchev–Trinajstić information content (AvgIpc) is 2.53. The van der Waals surface area contributed by atoms with Crippen LogP contribution < -0.4 is 5.32 Å². The van der Waals surface area contributed by atoms with Crippen LogP contribution in [0.1, 0.15) is 0 Å². The van der Waals surface area contributed by atoms with Gasteiger partial charge in [0.15, 0.2) is 5.96 Å². The van der Waals surface area contributed by atoms with Crippen molar-refractivity contribution in [2.24, 2.45) is 4.99 Å². The number of guanidine groups is 1. The molecule has 2 rings (SSSR count). The Balaban J connectivity index is 1.71. The predicted molar refractivity (Wildman–Crippen MR) is 81.8 cm³/mol. The highest BCUT2D eigenvalue weighted by Crippen LogP contribution is 2.06. The molecule has 122 valence electrons. The van der Waals surface area contributed by atoms with E-state index in [-0.39, 0.29) is 6.10 Å². The van der Waals surface area contributed by atoms with E-state index in [4.69, 9.17) is 14.2 Å². The second-order valence-electron chi connectivity index (χ2n) is 5.32. The Morgan fingerprint density at radius 1 is 1.29 bits per heavy atom. The monoisotopic (exact) mass is 300 g/mol. The molecule has 0 spiro atoms. The zero-order chi connectivity index (χ0) is 14.9. The van der Waals surface area contributed by atoms with Crippen LogP contribution in [-0.2, 0) is 14.2 Å². The van der Waals surface area contributed by atoms with Crippen LogP contribution in [0.15, 0.2) is 4.99 Å². The molecule has 7 nitrogen and oxygen atoms in total. The van der Waals surface area contributed by atoms with Crippen molar-refractivity contribution in [3.8, 4) is 0 Å². The largest absolute Gasteiger partial charge is 0.382 e. The molecule has 0 radical (unpaired) electrons. The molecule has 2 fully saturated rings. The van der Waals surface area contributed by atoms with Gasteiger partial charge in [-0.25, -0.2) is 0 Å². The highest BCUT2D eigenvalue weighted by molar-refractivity contribution is 5.80. The van der Waals surface area contributed by atoms with Crippen molar-refractivity contribution < 1.29 is 14.2 Å². The molecule has 1 unspecified atom stereocenters. The molecule has 0 aromatic heterocycles. The number of aliphatic imine (C=N–C) groups is 1. The van der Waals surface area contributed by atoms with Gasteiger partial charge in [-0.3, -0.25) is 9.89 Å². The Morgan fingerprint density at radius 2 is 2.10 bits per heavy atom. The highest BCUT2D eigenvalue weighted by atomic mass is 16.5. The van der Waals surface area contributed by atoms with Crippen molar-refractivity contribution in [2.75, 3.05) is 79.9 Å². The van der Waals surface area contributed by atoms with Crippen LogP contribution in [0.5, 0.6) is 0 Å². The average molecular weight is 300 g/mol. The third kappa shape index (κ3) is 5.43. The van der Waals surface area contributed by atoms with Crippen LogP contribution in [0.4, 0.5) is 0 Å². The van der Waals surface area contributed by atoms with E-state index >= 15 is 0 Å². The van der Waals surface area contributed by atoms with Crippen LogP contribution in [0.25, 0.3) is 0 Å². The zero-order valence-electron chi connectivity index (χ0n) is 13.2. The Kier molecular flexibility index (Phi) is 7.21. The van der Waals surface area contributed by atoms with Gasteiger partial charge in [-0.2, -0.15) is 0 Å². The molecule has 2 aliphatic heterocycles. The first-order valence-corrected chi connectivity index (χ1v) is 7.69. The fourth-order valence-corrected chi connectivity index (χ4v) is 2.68. The van der Waals surface area contributed by atoms with Gasteiger partial charge in [-0.15, -0.1) is 0 Å². The normalized spacial score (nSPS) is 25.1. The minimum absolute atomic E-state index is 0.126. The second-order valence-corrected chi connectivity index (χ2v) is 5.32. The van der Waals surface area contributed by atoms with Gasteiger partial charge in [-0.05, 0) is 0 Å². The quantitative estimate of drug-likeness (QED) is 0.532. The van der Waals surface area contributed by atoms with E-state index in [1.165, 1.54) is 0 Å². The highest BCUT2D eigenvalue weighted by Gasteiger charge is 2.22. The van der Waals surface area contributed by atoms with Crippen molar-refractivity contribution in [2.45, 2.75) is 6.10 Å². The number of hydrogen-bond acceptors (Lipinski definition) is 5. The molecule has 0 bridgehead atoms. The number of nitrogens with one attached hydrogen (secondary N) is 1. The third-order valence-electron chi connectivity index (χ3n) is 3.82. The molecular weight excluding hydrogens is 272 g/mol. The Morgan fingerprint density at radius 3 is 2.81 bits per heavy atom. The SMILES string of the molecule is CN=C(NCCN1CCOCC1)N1CCOC(COC)C1. The lowest BCUT2D eigenvalue weighted by atomic mass is 10.3. The summed E-state index contributed by atoms with van der Waals surface area (Å²) < 4.78 is 16.2. The summed E-state index contributed by atoms with van der Waals surface area (Å²) in [5.41, 5.74) is 0. The maximum Gasteiger partial charge on any atom is 0.193 e. The van der Waals surface area contributed by atoms with E-state index in [9.17, 15) is 0 Å². The number of rotatable bonds is 5. The molecule has 1 N–H and O–H groups in total. The first kappa shape index (κ1) is 16.5. The van der Waals surface area contributed by atoms with Crippen LogP contribution in [-0.4, -0.2) is 102 Å². The zero-order valence-corrected chi connectivity index (χ0v) is 13.2. The summed E-state index contributed by atoms with van der Waals surface area (Å²) in [4.78, 5) is 9.04. The molecule has 2 aliphatic rings. The summed E-state index contributed by atoms with van der Waals surface area (Å²) in [5, 5.41) is 3.45. The predicted octanol–water partition coefficient (Wildman–Crippen LogP) is -0.759. The van der Waals surface area contributed by atoms with E-state index in [0.717, 1.165) is 65.0 Å². The molecule has 0 aliphatic carbocycles. The van der Waals surface area contributed by atoms with E-state index in [0.29, 0.717) is 6.61 Å². The van der Waals surface area contributed by atoms with Gasteiger partial charge in [0, 0.05) is 53.4 Å². The fourth-order valence-electron chi connectivity index (χ4n) is 2.68. The first-order valence-electron chi connectivity index (χ1n) is 7.69. The van der Waals surface area contributed by atoms with Gasteiger partial charge in [0.05, 0.1) is 32.5 Å². The number of morpholine rings is 2. The lowest BCUT2D eigenvalue weighted by molar-refractivity contribution is -0.0447. The van der Waals surface area contributed by atoms with Crippen molar-refractivity contribution in [3.05, 3.63) is 0 Å². The molecule has 7 heteroatoms. The smallest absolute Gasteiger partial charge is 0.193 e. The fraction of sp³-hybridized carbons (Fsp3) is 0.929. The first-order chi connectivity index (χ1) is 10.3. The summed E-state index contributed by atoms with van der Waals surface area (Å²) in [5.74, 6) is 0.952. The molecular formula is C14H28N4O3. The Bertz CT molecular complexity index is 319. The molecule has 0 saturated carbocycles. The summed E-state index contributed by atoms with van der Waals surface area (Å²) in [7, 11) is 3.54. The summed E-state index contributed by atoms with van der Waals surface area (Å²) in [6, 6.07) is 0. The van der Waals surface area contributed by atoms with E-state index in [1.54, 1.807) is 7.11 Å². The van der Waals surface area contributed by atoms with Crippen molar-refractivity contribution >= 4 is 5.96 Å². The summed E-state index contributed by atoms with van der Waals surface area (Å²) in [6.45, 7) is 8.70. The number of hydrogen-bond donors (Lipinski definition) is 1. The van der Waals surface area contributed by atoms with Gasteiger partial charge >= 0.3 is 0 Å². The van der Waals surface area contributed by atoms with Gasteiger partial charge in [0.2, 0.25) is 0 Å². The Labute approximate surface area is 127 Å². The van der Waals surface area contributed by atoms with Crippen LogP contribution in [0.3, 0.4) is 0 Å². The van der Waals surface area contributed by atoms with Gasteiger partial charge in [0.25, 0.3) is 0 Å². The number of ether oxygens (including phenoxy) is 3. The lowest BCUT2D eigenvalue weighted by Crippen LogP contribution is -2.52. The van der Waals surface area contributed by atoms with Crippen LogP contribution >= 0.6 is 0 Å². The minimum Gasteiger partial charge on any atom is -0.382 e. The second kappa shape index (κ2) is 9.19. The molecule has 1 atom stereocenters. The number of nitrogens with zero attached hydrogens (tertiary/aromatic N) is 3. The maximum atomic E-state index is 5.67. The third-order valence-corrected chi connectivity index (χ3v) is 3.82. The maximum absolute atomic E-state index is 5.67. The topological polar surface area (TPSA) is 58.6 Å². The number of methoxy groups -OCH3 is 1. The van der Waals surface area contributed by atoms with Crippen molar-refractivity contribution in [3.63, 3.8) is 0 Å². The van der Waals surface area contributed by atoms with Crippen LogP contribution in [0.2, 0.25) is 0 Å². The van der Waals surface area contributed by atoms with E-state index in [1.807, 2.05) is 7.05 Å². The van der Waals surface area contributed by atoms with E-state index in [2.05, 4.69) is 20.1 Å². The van der Waals surface area contributed by atoms with Gasteiger partial charge in [-0.1, -0.05) is 0 Å². The molecule has 2 saturated heterocycles. The molecule has 2 heterocycles. The minimum atomic E-state index is 0.126. The molecule has 0 aromatic carbocycles. The van der Waals surface area contributed by atoms with E-state index < -0.39 is 0 Å². The van der Waals surface area contributed by atoms with Crippen LogP contribution in [0, 0.1) is 0 Å².